The van der Waals surface area contributed by atoms with Gasteiger partial charge in [-0.25, -0.2) is 0 Å². The van der Waals surface area contributed by atoms with Crippen LogP contribution in [-0.4, -0.2) is 25.3 Å². The molecule has 2 unspecified atom stereocenters. The zero-order valence-electron chi connectivity index (χ0n) is 13.5. The molecule has 24 heavy (non-hydrogen) atoms. The summed E-state index contributed by atoms with van der Waals surface area (Å²) in [4.78, 5) is 0. The van der Waals surface area contributed by atoms with Gasteiger partial charge in [0.2, 0.25) is 0 Å². The lowest BCUT2D eigenvalue weighted by atomic mass is 9.87. The van der Waals surface area contributed by atoms with E-state index in [1.54, 1.807) is 6.07 Å². The topological polar surface area (TPSA) is 24.1 Å². The fourth-order valence-electron chi connectivity index (χ4n) is 3.44. The Balaban J connectivity index is 1.96. The molecule has 0 spiro atoms. The van der Waals surface area contributed by atoms with Crippen molar-refractivity contribution in [2.24, 2.45) is 11.8 Å². The minimum atomic E-state index is -4.19. The number of nitrogens with one attached hydrogen (secondary N) is 2. The van der Waals surface area contributed by atoms with E-state index in [2.05, 4.69) is 24.5 Å². The lowest BCUT2D eigenvalue weighted by Crippen LogP contribution is -2.48. The Bertz CT molecular complexity index is 718. The SMILES string of the molecule is CC1CNCC(C)C1Nc1cccc2c(CC(F)(F)F)c(I)sc12. The highest BCUT2D eigenvalue weighted by atomic mass is 127. The van der Waals surface area contributed by atoms with Gasteiger partial charge >= 0.3 is 6.18 Å². The molecule has 0 saturated carbocycles. The Hall–Kier alpha value is -0.540. The van der Waals surface area contributed by atoms with Gasteiger partial charge in [-0.1, -0.05) is 26.0 Å². The molecule has 7 heteroatoms. The van der Waals surface area contributed by atoms with Crippen LogP contribution in [0.2, 0.25) is 0 Å². The van der Waals surface area contributed by atoms with Crippen molar-refractivity contribution in [3.05, 3.63) is 26.6 Å². The maximum absolute atomic E-state index is 12.9. The Morgan fingerprint density at radius 3 is 2.54 bits per heavy atom. The van der Waals surface area contributed by atoms with E-state index < -0.39 is 12.6 Å². The van der Waals surface area contributed by atoms with Crippen molar-refractivity contribution < 1.29 is 13.2 Å². The molecule has 1 aliphatic heterocycles. The third-order valence-corrected chi connectivity index (χ3v) is 7.01. The molecule has 2 heterocycles. The average molecular weight is 468 g/mol. The lowest BCUT2D eigenvalue weighted by Gasteiger charge is -2.36. The van der Waals surface area contributed by atoms with Gasteiger partial charge in [-0.3, -0.25) is 0 Å². The van der Waals surface area contributed by atoms with Crippen LogP contribution >= 0.6 is 33.9 Å². The van der Waals surface area contributed by atoms with Gasteiger partial charge in [-0.15, -0.1) is 11.3 Å². The quantitative estimate of drug-likeness (QED) is 0.601. The maximum Gasteiger partial charge on any atom is 0.393 e. The summed E-state index contributed by atoms with van der Waals surface area (Å²) in [6.45, 7) is 6.32. The number of halogens is 4. The number of piperidine rings is 1. The summed E-state index contributed by atoms with van der Waals surface area (Å²) in [6, 6.07) is 5.95. The van der Waals surface area contributed by atoms with E-state index in [0.29, 0.717) is 23.4 Å². The standard InChI is InChI=1S/C17H20F3IN2S/c1-9-7-22-8-10(2)14(9)23-13-5-3-4-11-12(6-17(18,19)20)16(21)24-15(11)13/h3-5,9-10,14,22-23H,6-8H2,1-2H3. The van der Waals surface area contributed by atoms with Gasteiger partial charge in [-0.2, -0.15) is 13.2 Å². The van der Waals surface area contributed by atoms with E-state index >= 15 is 0 Å². The van der Waals surface area contributed by atoms with Gasteiger partial charge in [0.25, 0.3) is 0 Å². The first-order chi connectivity index (χ1) is 11.3. The number of alkyl halides is 3. The average Bonchev–Trinajstić information content (AvgIpc) is 2.79. The highest BCUT2D eigenvalue weighted by Crippen LogP contribution is 2.40. The molecule has 1 fully saturated rings. The van der Waals surface area contributed by atoms with E-state index in [9.17, 15) is 13.2 Å². The summed E-state index contributed by atoms with van der Waals surface area (Å²) in [5, 5.41) is 7.75. The molecule has 1 aromatic heterocycles. The fourth-order valence-corrected chi connectivity index (χ4v) is 5.60. The van der Waals surface area contributed by atoms with Gasteiger partial charge in [-0.05, 0) is 64.5 Å². The van der Waals surface area contributed by atoms with Gasteiger partial charge in [0.05, 0.1) is 19.7 Å². The normalized spacial score (nSPS) is 25.2. The fraction of sp³-hybridized carbons (Fsp3) is 0.529. The van der Waals surface area contributed by atoms with Crippen LogP contribution in [-0.2, 0) is 6.42 Å². The summed E-state index contributed by atoms with van der Waals surface area (Å²) in [5.74, 6) is 0.940. The van der Waals surface area contributed by atoms with Crippen molar-refractivity contribution in [2.45, 2.75) is 32.5 Å². The Labute approximate surface area is 157 Å². The first kappa shape index (κ1) is 18.3. The number of hydrogen-bond acceptors (Lipinski definition) is 3. The number of benzene rings is 1. The molecule has 0 aliphatic carbocycles. The number of rotatable bonds is 3. The zero-order valence-corrected chi connectivity index (χ0v) is 16.5. The molecular formula is C17H20F3IN2S. The highest BCUT2D eigenvalue weighted by molar-refractivity contribution is 14.1. The van der Waals surface area contributed by atoms with Gasteiger partial charge in [0.1, 0.15) is 0 Å². The maximum atomic E-state index is 12.9. The third-order valence-electron chi connectivity index (χ3n) is 4.63. The number of fused-ring (bicyclic) bond motifs is 1. The Morgan fingerprint density at radius 2 is 1.92 bits per heavy atom. The van der Waals surface area contributed by atoms with Crippen LogP contribution in [0.4, 0.5) is 18.9 Å². The molecular weight excluding hydrogens is 448 g/mol. The summed E-state index contributed by atoms with van der Waals surface area (Å²) in [7, 11) is 0. The predicted molar refractivity (Wildman–Crippen MR) is 103 cm³/mol. The first-order valence-electron chi connectivity index (χ1n) is 8.00. The lowest BCUT2D eigenvalue weighted by molar-refractivity contribution is -0.127. The largest absolute Gasteiger partial charge is 0.393 e. The van der Waals surface area contributed by atoms with E-state index in [1.807, 2.05) is 34.7 Å². The van der Waals surface area contributed by atoms with E-state index in [1.165, 1.54) is 11.3 Å². The minimum Gasteiger partial charge on any atom is -0.381 e. The van der Waals surface area contributed by atoms with Crippen LogP contribution in [0.1, 0.15) is 19.4 Å². The van der Waals surface area contributed by atoms with Crippen molar-refractivity contribution >= 4 is 49.7 Å². The smallest absolute Gasteiger partial charge is 0.381 e. The molecule has 2 aromatic rings. The third kappa shape index (κ3) is 3.83. The molecule has 1 saturated heterocycles. The summed E-state index contributed by atoms with van der Waals surface area (Å²) in [5.41, 5.74) is 1.35. The number of hydrogen-bond donors (Lipinski definition) is 2. The highest BCUT2D eigenvalue weighted by Gasteiger charge is 2.32. The molecule has 1 aromatic carbocycles. The second-order valence-corrected chi connectivity index (χ2v) is 9.44. The van der Waals surface area contributed by atoms with Crippen LogP contribution in [0.15, 0.2) is 18.2 Å². The molecule has 2 atom stereocenters. The molecule has 0 radical (unpaired) electrons. The van der Waals surface area contributed by atoms with Crippen molar-refractivity contribution in [1.82, 2.24) is 5.32 Å². The van der Waals surface area contributed by atoms with E-state index in [-0.39, 0.29) is 0 Å². The van der Waals surface area contributed by atoms with Gasteiger partial charge in [0, 0.05) is 6.04 Å². The molecule has 132 valence electrons. The van der Waals surface area contributed by atoms with Crippen molar-refractivity contribution in [2.75, 3.05) is 18.4 Å². The molecule has 0 bridgehead atoms. The monoisotopic (exact) mass is 468 g/mol. The van der Waals surface area contributed by atoms with Gasteiger partial charge < -0.3 is 10.6 Å². The zero-order chi connectivity index (χ0) is 17.5. The van der Waals surface area contributed by atoms with Crippen LogP contribution in [0.25, 0.3) is 10.1 Å². The second kappa shape index (κ2) is 6.99. The number of anilines is 1. The second-order valence-electron chi connectivity index (χ2n) is 6.61. The summed E-state index contributed by atoms with van der Waals surface area (Å²) >= 11 is 3.48. The molecule has 2 nitrogen and oxygen atoms in total. The molecule has 2 N–H and O–H groups in total. The molecule has 3 rings (SSSR count). The predicted octanol–water partition coefficient (Wildman–Crippen LogP) is 5.27. The van der Waals surface area contributed by atoms with E-state index in [0.717, 1.165) is 31.7 Å². The first-order valence-corrected chi connectivity index (χ1v) is 9.89. The molecule has 1 aliphatic rings. The van der Waals surface area contributed by atoms with Crippen molar-refractivity contribution in [1.29, 1.82) is 0 Å². The Kier molecular flexibility index (Phi) is 5.32. The van der Waals surface area contributed by atoms with Crippen LogP contribution < -0.4 is 10.6 Å². The van der Waals surface area contributed by atoms with Crippen molar-refractivity contribution in [3.63, 3.8) is 0 Å². The summed E-state index contributed by atoms with van der Waals surface area (Å²) < 4.78 is 40.3. The molecule has 0 amide bonds. The van der Waals surface area contributed by atoms with Crippen LogP contribution in [0, 0.1) is 14.7 Å². The number of thiophene rings is 1. The summed E-state index contributed by atoms with van der Waals surface area (Å²) in [6.07, 6.45) is -5.05. The Morgan fingerprint density at radius 1 is 1.25 bits per heavy atom. The van der Waals surface area contributed by atoms with Crippen molar-refractivity contribution in [3.8, 4) is 0 Å². The van der Waals surface area contributed by atoms with Gasteiger partial charge in [0.15, 0.2) is 0 Å². The van der Waals surface area contributed by atoms with E-state index in [4.69, 9.17) is 0 Å². The van der Waals surface area contributed by atoms with Crippen LogP contribution in [0.3, 0.4) is 0 Å². The minimum absolute atomic E-state index is 0.322. The van der Waals surface area contributed by atoms with Crippen LogP contribution in [0.5, 0.6) is 0 Å².